The Bertz CT molecular complexity index is 227. The lowest BCUT2D eigenvalue weighted by Gasteiger charge is -2.00. The van der Waals surface area contributed by atoms with Gasteiger partial charge in [-0.05, 0) is 0 Å². The normalized spacial score (nSPS) is 8.80. The van der Waals surface area contributed by atoms with Crippen molar-refractivity contribution >= 4 is 17.9 Å². The van der Waals surface area contributed by atoms with Crippen LogP contribution in [0.3, 0.4) is 0 Å². The fourth-order valence-corrected chi connectivity index (χ4v) is 0.487. The van der Waals surface area contributed by atoms with Crippen molar-refractivity contribution < 1.29 is 34.4 Å². The molecule has 0 fully saturated rings. The highest BCUT2D eigenvalue weighted by Gasteiger charge is 2.07. The van der Waals surface area contributed by atoms with Gasteiger partial charge in [-0.15, -0.1) is 0 Å². The fraction of sp³-hybridized carbons (Fsp3) is 0.571. The van der Waals surface area contributed by atoms with Crippen LogP contribution in [0.2, 0.25) is 0 Å². The van der Waals surface area contributed by atoms with Crippen molar-refractivity contribution in [2.75, 3.05) is 6.61 Å². The van der Waals surface area contributed by atoms with E-state index in [9.17, 15) is 14.4 Å². The quantitative estimate of drug-likeness (QED) is 0.309. The van der Waals surface area contributed by atoms with Gasteiger partial charge in [0.2, 0.25) is 0 Å². The van der Waals surface area contributed by atoms with E-state index in [0.29, 0.717) is 0 Å². The molecule has 0 unspecified atom stereocenters. The highest BCUT2D eigenvalue weighted by Crippen LogP contribution is 1.94. The molecule has 15 heavy (non-hydrogen) atoms. The van der Waals surface area contributed by atoms with Crippen LogP contribution in [0.15, 0.2) is 0 Å². The van der Waals surface area contributed by atoms with Crippen LogP contribution >= 0.6 is 0 Å². The Morgan fingerprint density at radius 2 is 1.47 bits per heavy atom. The van der Waals surface area contributed by atoms with E-state index in [-0.39, 0.29) is 32.0 Å². The van der Waals surface area contributed by atoms with Crippen molar-refractivity contribution in [2.24, 2.45) is 0 Å². The summed E-state index contributed by atoms with van der Waals surface area (Å²) in [5.41, 5.74) is 0. The van der Waals surface area contributed by atoms with Crippen molar-refractivity contribution in [1.29, 1.82) is 0 Å². The van der Waals surface area contributed by atoms with Crippen LogP contribution in [-0.2, 0) is 24.2 Å². The van der Waals surface area contributed by atoms with Gasteiger partial charge in [-0.3, -0.25) is 14.5 Å². The summed E-state index contributed by atoms with van der Waals surface area (Å²) in [7, 11) is 0. The second-order valence-electron chi connectivity index (χ2n) is 2.31. The smallest absolute Gasteiger partial charge is 0.342 e. The standard InChI is InChI=1S/C7H10O7.H3N/c8-5(9)1-2-7(12)14-13-4-3-6(10)11;/h1-4H2,(H,8,9)(H,10,11);1H3. The van der Waals surface area contributed by atoms with Crippen LogP contribution in [0, 0.1) is 0 Å². The van der Waals surface area contributed by atoms with Gasteiger partial charge in [-0.1, -0.05) is 0 Å². The van der Waals surface area contributed by atoms with Crippen LogP contribution in [0.1, 0.15) is 19.3 Å². The van der Waals surface area contributed by atoms with Crippen LogP contribution in [-0.4, -0.2) is 34.7 Å². The lowest BCUT2D eigenvalue weighted by atomic mass is 10.3. The molecule has 0 aromatic rings. The third-order valence-corrected chi connectivity index (χ3v) is 1.09. The zero-order valence-electron chi connectivity index (χ0n) is 7.97. The second kappa shape index (κ2) is 8.91. The Hall–Kier alpha value is -1.67. The molecule has 0 spiro atoms. The molecule has 8 heteroatoms. The van der Waals surface area contributed by atoms with Crippen LogP contribution in [0.5, 0.6) is 0 Å². The second-order valence-corrected chi connectivity index (χ2v) is 2.31. The summed E-state index contributed by atoms with van der Waals surface area (Å²) in [6.07, 6.45) is -0.935. The van der Waals surface area contributed by atoms with Gasteiger partial charge in [-0.2, -0.15) is 4.89 Å². The van der Waals surface area contributed by atoms with Crippen molar-refractivity contribution in [2.45, 2.75) is 19.3 Å². The molecule has 0 bridgehead atoms. The number of rotatable bonds is 7. The van der Waals surface area contributed by atoms with Crippen molar-refractivity contribution in [3.05, 3.63) is 0 Å². The number of carbonyl (C=O) groups is 3. The van der Waals surface area contributed by atoms with E-state index in [4.69, 9.17) is 10.2 Å². The molecule has 88 valence electrons. The van der Waals surface area contributed by atoms with E-state index >= 15 is 0 Å². The Kier molecular flexibility index (Phi) is 9.37. The largest absolute Gasteiger partial charge is 0.481 e. The number of carboxylic acid groups (broad SMARTS) is 2. The summed E-state index contributed by atoms with van der Waals surface area (Å²) in [6.45, 7) is -0.256. The average molecular weight is 223 g/mol. The highest BCUT2D eigenvalue weighted by molar-refractivity contribution is 5.76. The van der Waals surface area contributed by atoms with Gasteiger partial charge in [0.25, 0.3) is 0 Å². The number of carboxylic acids is 2. The molecule has 0 atom stereocenters. The summed E-state index contributed by atoms with van der Waals surface area (Å²) in [4.78, 5) is 38.9. The van der Waals surface area contributed by atoms with Gasteiger partial charge >= 0.3 is 17.9 Å². The fourth-order valence-electron chi connectivity index (χ4n) is 0.487. The molecule has 0 aliphatic heterocycles. The molecular formula is C7H13NO7. The maximum Gasteiger partial charge on any atom is 0.342 e. The molecular weight excluding hydrogens is 210 g/mol. The van der Waals surface area contributed by atoms with E-state index in [1.54, 1.807) is 0 Å². The van der Waals surface area contributed by atoms with Crippen LogP contribution < -0.4 is 6.15 Å². The Labute approximate surface area is 85.3 Å². The zero-order chi connectivity index (χ0) is 11.0. The van der Waals surface area contributed by atoms with Crippen LogP contribution in [0.25, 0.3) is 0 Å². The highest BCUT2D eigenvalue weighted by atomic mass is 17.2. The minimum Gasteiger partial charge on any atom is -0.481 e. The number of hydrogen-bond donors (Lipinski definition) is 3. The third kappa shape index (κ3) is 12.3. The van der Waals surface area contributed by atoms with Crippen molar-refractivity contribution in [3.8, 4) is 0 Å². The topological polar surface area (TPSA) is 145 Å². The molecule has 0 heterocycles. The number of aliphatic carboxylic acids is 2. The van der Waals surface area contributed by atoms with Gasteiger partial charge in [0.05, 0.1) is 19.3 Å². The first-order valence-electron chi connectivity index (χ1n) is 3.78. The van der Waals surface area contributed by atoms with E-state index in [1.807, 2.05) is 0 Å². The van der Waals surface area contributed by atoms with Gasteiger partial charge in [0.1, 0.15) is 6.61 Å². The molecule has 0 aromatic carbocycles. The van der Waals surface area contributed by atoms with Gasteiger partial charge in [0.15, 0.2) is 0 Å². The molecule has 0 saturated heterocycles. The molecule has 8 nitrogen and oxygen atoms in total. The molecule has 0 amide bonds. The van der Waals surface area contributed by atoms with Gasteiger partial charge in [0, 0.05) is 0 Å². The molecule has 0 radical (unpaired) electrons. The van der Waals surface area contributed by atoms with Gasteiger partial charge < -0.3 is 16.4 Å². The predicted molar refractivity (Wildman–Crippen MR) is 46.2 cm³/mol. The van der Waals surface area contributed by atoms with E-state index < -0.39 is 17.9 Å². The first kappa shape index (κ1) is 15.8. The lowest BCUT2D eigenvalue weighted by Crippen LogP contribution is -2.10. The minimum atomic E-state index is -1.12. The molecule has 0 aliphatic carbocycles. The first-order valence-corrected chi connectivity index (χ1v) is 3.78. The number of carbonyl (C=O) groups excluding carboxylic acids is 1. The maximum atomic E-state index is 10.6. The summed E-state index contributed by atoms with van der Waals surface area (Å²) in [6, 6.07) is 0. The predicted octanol–water partition coefficient (Wildman–Crippen LogP) is -0.0373. The van der Waals surface area contributed by atoms with Crippen molar-refractivity contribution in [3.63, 3.8) is 0 Å². The van der Waals surface area contributed by atoms with Crippen molar-refractivity contribution in [1.82, 2.24) is 6.15 Å². The molecule has 5 N–H and O–H groups in total. The molecule has 0 saturated carbocycles. The summed E-state index contributed by atoms with van der Waals surface area (Å²) >= 11 is 0. The van der Waals surface area contributed by atoms with Gasteiger partial charge in [-0.25, -0.2) is 4.79 Å². The summed E-state index contributed by atoms with van der Waals surface area (Å²) in [5.74, 6) is -3.03. The maximum absolute atomic E-state index is 10.6. The van der Waals surface area contributed by atoms with E-state index in [0.717, 1.165) is 0 Å². The molecule has 0 aliphatic rings. The Morgan fingerprint density at radius 1 is 0.933 bits per heavy atom. The Morgan fingerprint density at radius 3 is 1.93 bits per heavy atom. The lowest BCUT2D eigenvalue weighted by molar-refractivity contribution is -0.272. The van der Waals surface area contributed by atoms with E-state index in [1.165, 1.54) is 0 Å². The number of hydrogen-bond acceptors (Lipinski definition) is 6. The first-order chi connectivity index (χ1) is 6.52. The third-order valence-electron chi connectivity index (χ3n) is 1.09. The average Bonchev–Trinajstić information content (AvgIpc) is 2.08. The monoisotopic (exact) mass is 223 g/mol. The summed E-state index contributed by atoms with van der Waals surface area (Å²) < 4.78 is 0. The summed E-state index contributed by atoms with van der Waals surface area (Å²) in [5, 5.41) is 16.3. The molecule has 0 rings (SSSR count). The minimum absolute atomic E-state index is 0. The molecule has 0 aromatic heterocycles. The van der Waals surface area contributed by atoms with Crippen LogP contribution in [0.4, 0.5) is 0 Å². The zero-order valence-corrected chi connectivity index (χ0v) is 7.97. The SMILES string of the molecule is N.O=C(O)CCOOC(=O)CCC(=O)O. The Balaban J connectivity index is 0. The van der Waals surface area contributed by atoms with E-state index in [2.05, 4.69) is 9.78 Å².